The summed E-state index contributed by atoms with van der Waals surface area (Å²) in [6.07, 6.45) is 6.04. The molecule has 0 saturated carbocycles. The molecule has 8 heteroatoms. The molecule has 3 aromatic heterocycles. The Hall–Kier alpha value is -2.42. The van der Waals surface area contributed by atoms with Crippen molar-refractivity contribution in [3.63, 3.8) is 0 Å². The van der Waals surface area contributed by atoms with E-state index in [-0.39, 0.29) is 5.56 Å². The topological polar surface area (TPSA) is 70.2 Å². The van der Waals surface area contributed by atoms with Gasteiger partial charge in [0.2, 0.25) is 5.89 Å². The predicted octanol–water partition coefficient (Wildman–Crippen LogP) is 5.24. The van der Waals surface area contributed by atoms with Gasteiger partial charge < -0.3 is 9.15 Å². The van der Waals surface area contributed by atoms with E-state index in [1.54, 1.807) is 29.3 Å². The van der Waals surface area contributed by atoms with Crippen molar-refractivity contribution in [1.82, 2.24) is 14.5 Å². The number of hydrogen-bond donors (Lipinski definition) is 0. The Kier molecular flexibility index (Phi) is 6.17. The molecular weight excluding hydrogens is 442 g/mol. The second-order valence-electron chi connectivity index (χ2n) is 8.03. The van der Waals surface area contributed by atoms with E-state index in [4.69, 9.17) is 14.1 Å². The van der Waals surface area contributed by atoms with Crippen molar-refractivity contribution in [3.8, 4) is 11.5 Å². The standard InChI is InChI=1S/C24H25N3O3S2/c1-15-7-9-16(10-8-15)21-25-17(13-30-21)14-31-24-26-22-20(23(28)27(24)11-12-29-2)18-5-3-4-6-19(18)32-22/h7-10,13H,3-6,11-12,14H2,1-2H3. The second-order valence-corrected chi connectivity index (χ2v) is 10.1. The van der Waals surface area contributed by atoms with Gasteiger partial charge in [-0.15, -0.1) is 11.3 Å². The molecule has 0 bridgehead atoms. The van der Waals surface area contributed by atoms with Crippen molar-refractivity contribution >= 4 is 33.3 Å². The highest BCUT2D eigenvalue weighted by Gasteiger charge is 2.22. The molecule has 0 N–H and O–H groups in total. The zero-order valence-electron chi connectivity index (χ0n) is 18.2. The highest BCUT2D eigenvalue weighted by atomic mass is 32.2. The summed E-state index contributed by atoms with van der Waals surface area (Å²) in [5.41, 5.74) is 4.24. The lowest BCUT2D eigenvalue weighted by Gasteiger charge is -2.13. The van der Waals surface area contributed by atoms with Gasteiger partial charge in [0.25, 0.3) is 5.56 Å². The maximum absolute atomic E-state index is 13.4. The summed E-state index contributed by atoms with van der Waals surface area (Å²) in [4.78, 5) is 25.2. The molecule has 0 fully saturated rings. The molecule has 166 valence electrons. The molecule has 32 heavy (non-hydrogen) atoms. The fraction of sp³-hybridized carbons (Fsp3) is 0.375. The van der Waals surface area contributed by atoms with Gasteiger partial charge >= 0.3 is 0 Å². The first kappa shape index (κ1) is 21.4. The van der Waals surface area contributed by atoms with E-state index in [1.807, 2.05) is 24.3 Å². The minimum absolute atomic E-state index is 0.0504. The van der Waals surface area contributed by atoms with Crippen molar-refractivity contribution in [3.05, 3.63) is 62.6 Å². The van der Waals surface area contributed by atoms with E-state index in [1.165, 1.54) is 34.2 Å². The van der Waals surface area contributed by atoms with Gasteiger partial charge in [0.1, 0.15) is 11.1 Å². The Morgan fingerprint density at radius 3 is 2.81 bits per heavy atom. The van der Waals surface area contributed by atoms with E-state index < -0.39 is 0 Å². The normalized spacial score (nSPS) is 13.6. The van der Waals surface area contributed by atoms with Gasteiger partial charge in [0.15, 0.2) is 5.16 Å². The molecular formula is C24H25N3O3S2. The molecule has 6 nitrogen and oxygen atoms in total. The molecule has 0 atom stereocenters. The van der Waals surface area contributed by atoms with Crippen molar-refractivity contribution in [2.24, 2.45) is 0 Å². The molecule has 3 heterocycles. The van der Waals surface area contributed by atoms with Gasteiger partial charge in [-0.1, -0.05) is 29.5 Å². The summed E-state index contributed by atoms with van der Waals surface area (Å²) >= 11 is 3.20. The third kappa shape index (κ3) is 4.14. The summed E-state index contributed by atoms with van der Waals surface area (Å²) in [6.45, 7) is 3.01. The van der Waals surface area contributed by atoms with E-state index in [9.17, 15) is 4.79 Å². The van der Waals surface area contributed by atoms with Crippen molar-refractivity contribution in [2.45, 2.75) is 50.1 Å². The van der Waals surface area contributed by atoms with Gasteiger partial charge in [-0.05, 0) is 50.3 Å². The Morgan fingerprint density at radius 2 is 2.00 bits per heavy atom. The van der Waals surface area contributed by atoms with Crippen LogP contribution in [0, 0.1) is 6.92 Å². The lowest BCUT2D eigenvalue weighted by Crippen LogP contribution is -2.25. The molecule has 1 aromatic carbocycles. The first-order valence-electron chi connectivity index (χ1n) is 10.8. The van der Waals surface area contributed by atoms with Crippen LogP contribution in [-0.2, 0) is 29.9 Å². The van der Waals surface area contributed by atoms with Gasteiger partial charge in [-0.25, -0.2) is 9.97 Å². The Labute approximate surface area is 194 Å². The van der Waals surface area contributed by atoms with Crippen LogP contribution < -0.4 is 5.56 Å². The van der Waals surface area contributed by atoms with E-state index in [2.05, 4.69) is 11.9 Å². The third-order valence-electron chi connectivity index (χ3n) is 5.76. The van der Waals surface area contributed by atoms with Crippen molar-refractivity contribution < 1.29 is 9.15 Å². The summed E-state index contributed by atoms with van der Waals surface area (Å²) in [5, 5.41) is 1.52. The molecule has 5 rings (SSSR count). The Bertz CT molecular complexity index is 1300. The van der Waals surface area contributed by atoms with Crippen LogP contribution in [-0.4, -0.2) is 28.3 Å². The highest BCUT2D eigenvalue weighted by Crippen LogP contribution is 2.35. The Morgan fingerprint density at radius 1 is 1.19 bits per heavy atom. The number of hydrogen-bond acceptors (Lipinski definition) is 7. The molecule has 0 saturated heterocycles. The first-order chi connectivity index (χ1) is 15.6. The van der Waals surface area contributed by atoms with E-state index in [0.717, 1.165) is 40.7 Å². The van der Waals surface area contributed by atoms with Crippen LogP contribution in [0.3, 0.4) is 0 Å². The van der Waals surface area contributed by atoms with E-state index >= 15 is 0 Å². The molecule has 0 unspecified atom stereocenters. The molecule has 1 aliphatic rings. The summed E-state index contributed by atoms with van der Waals surface area (Å²) in [5.74, 6) is 1.18. The number of thioether (sulfide) groups is 1. The number of methoxy groups -OCH3 is 1. The second kappa shape index (κ2) is 9.21. The third-order valence-corrected chi connectivity index (χ3v) is 7.95. The number of nitrogens with zero attached hydrogens (tertiary/aromatic N) is 3. The number of oxazole rings is 1. The SMILES string of the molecule is COCCn1c(SCc2coc(-c3ccc(C)cc3)n2)nc2sc3c(c2c1=O)CCCC3. The number of rotatable bonds is 7. The molecule has 0 amide bonds. The van der Waals surface area contributed by atoms with Crippen LogP contribution in [0.5, 0.6) is 0 Å². The fourth-order valence-electron chi connectivity index (χ4n) is 4.05. The average Bonchev–Trinajstić information content (AvgIpc) is 3.42. The molecule has 0 radical (unpaired) electrons. The maximum atomic E-state index is 13.4. The van der Waals surface area contributed by atoms with E-state index in [0.29, 0.717) is 30.0 Å². The minimum atomic E-state index is 0.0504. The monoisotopic (exact) mass is 467 g/mol. The minimum Gasteiger partial charge on any atom is -0.444 e. The molecule has 0 spiro atoms. The van der Waals surface area contributed by atoms with Gasteiger partial charge in [-0.3, -0.25) is 9.36 Å². The van der Waals surface area contributed by atoms with Gasteiger partial charge in [-0.2, -0.15) is 0 Å². The molecule has 4 aromatic rings. The number of thiophene rings is 1. The van der Waals surface area contributed by atoms with Crippen LogP contribution in [0.15, 0.2) is 44.9 Å². The lowest BCUT2D eigenvalue weighted by atomic mass is 9.97. The average molecular weight is 468 g/mol. The van der Waals surface area contributed by atoms with Crippen molar-refractivity contribution in [1.29, 1.82) is 0 Å². The summed E-state index contributed by atoms with van der Waals surface area (Å²) in [6, 6.07) is 8.10. The Balaban J connectivity index is 1.44. The summed E-state index contributed by atoms with van der Waals surface area (Å²) < 4.78 is 12.7. The van der Waals surface area contributed by atoms with Gasteiger partial charge in [0.05, 0.1) is 24.2 Å². The number of fused-ring (bicyclic) bond motifs is 3. The lowest BCUT2D eigenvalue weighted by molar-refractivity contribution is 0.183. The van der Waals surface area contributed by atoms with Crippen LogP contribution in [0.1, 0.15) is 34.5 Å². The number of aromatic nitrogens is 3. The zero-order valence-corrected chi connectivity index (χ0v) is 19.9. The predicted molar refractivity (Wildman–Crippen MR) is 129 cm³/mol. The van der Waals surface area contributed by atoms with Crippen molar-refractivity contribution in [2.75, 3.05) is 13.7 Å². The zero-order chi connectivity index (χ0) is 22.1. The van der Waals surface area contributed by atoms with Crippen LogP contribution in [0.2, 0.25) is 0 Å². The van der Waals surface area contributed by atoms with Crippen LogP contribution in [0.4, 0.5) is 0 Å². The highest BCUT2D eigenvalue weighted by molar-refractivity contribution is 7.98. The quantitative estimate of drug-likeness (QED) is 0.273. The molecule has 1 aliphatic carbocycles. The summed E-state index contributed by atoms with van der Waals surface area (Å²) in [7, 11) is 1.65. The largest absolute Gasteiger partial charge is 0.444 e. The van der Waals surface area contributed by atoms with Gasteiger partial charge in [0, 0.05) is 23.3 Å². The number of benzene rings is 1. The molecule has 0 aliphatic heterocycles. The van der Waals surface area contributed by atoms with Crippen LogP contribution >= 0.6 is 23.1 Å². The maximum Gasteiger partial charge on any atom is 0.263 e. The first-order valence-corrected chi connectivity index (χ1v) is 12.6. The smallest absolute Gasteiger partial charge is 0.263 e. The number of aryl methyl sites for hydroxylation is 3. The van der Waals surface area contributed by atoms with Crippen LogP contribution in [0.25, 0.3) is 21.7 Å². The number of ether oxygens (including phenoxy) is 1. The fourth-order valence-corrected chi connectivity index (χ4v) is 6.26.